The molecule has 0 N–H and O–H groups in total. The summed E-state index contributed by atoms with van der Waals surface area (Å²) in [7, 11) is -1.79. The van der Waals surface area contributed by atoms with Crippen molar-refractivity contribution in [2.45, 2.75) is 38.9 Å². The molecule has 0 saturated heterocycles. The van der Waals surface area contributed by atoms with Crippen LogP contribution in [0.25, 0.3) is 23.3 Å². The van der Waals surface area contributed by atoms with Crippen molar-refractivity contribution < 1.29 is 4.43 Å². The molecule has 2 heteroatoms. The van der Waals surface area contributed by atoms with Crippen LogP contribution >= 0.6 is 0 Å². The van der Waals surface area contributed by atoms with Gasteiger partial charge in [0.2, 0.25) is 8.32 Å². The van der Waals surface area contributed by atoms with E-state index in [-0.39, 0.29) is 5.04 Å². The SMILES string of the molecule is CC(C)(C)[Si](C)(C)Oc1ccc(/C=C/c2ccc(-c3ccccc3)cc2)cc1. The van der Waals surface area contributed by atoms with Crippen molar-refractivity contribution in [2.24, 2.45) is 0 Å². The van der Waals surface area contributed by atoms with Crippen LogP contribution in [0.3, 0.4) is 0 Å². The van der Waals surface area contributed by atoms with E-state index in [9.17, 15) is 0 Å². The maximum absolute atomic E-state index is 6.35. The average Bonchev–Trinajstić information content (AvgIpc) is 2.67. The molecule has 0 radical (unpaired) electrons. The molecule has 0 heterocycles. The Hall–Kier alpha value is -2.58. The van der Waals surface area contributed by atoms with Crippen LogP contribution < -0.4 is 4.43 Å². The van der Waals surface area contributed by atoms with Crippen LogP contribution in [0, 0.1) is 0 Å². The Bertz CT molecular complexity index is 915. The molecule has 0 aromatic heterocycles. The van der Waals surface area contributed by atoms with E-state index < -0.39 is 8.32 Å². The standard InChI is InChI=1S/C26H30OSi/c1-26(2,3)28(4,5)27-25-19-15-22(16-20-25)12-11-21-13-17-24(18-14-21)23-9-7-6-8-10-23/h6-20H,1-5H3/b12-11+. The van der Waals surface area contributed by atoms with Gasteiger partial charge >= 0.3 is 0 Å². The Morgan fingerprint density at radius 2 is 1.11 bits per heavy atom. The average molecular weight is 387 g/mol. The quantitative estimate of drug-likeness (QED) is 0.320. The van der Waals surface area contributed by atoms with E-state index in [1.165, 1.54) is 22.3 Å². The first-order chi connectivity index (χ1) is 13.2. The summed E-state index contributed by atoms with van der Waals surface area (Å²) in [6, 6.07) is 27.5. The van der Waals surface area contributed by atoms with Gasteiger partial charge in [-0.3, -0.25) is 0 Å². The summed E-state index contributed by atoms with van der Waals surface area (Å²) in [4.78, 5) is 0. The molecule has 0 saturated carbocycles. The molecule has 0 spiro atoms. The third kappa shape index (κ3) is 5.02. The lowest BCUT2D eigenvalue weighted by atomic mass is 10.0. The molecule has 1 nitrogen and oxygen atoms in total. The topological polar surface area (TPSA) is 9.23 Å². The summed E-state index contributed by atoms with van der Waals surface area (Å²) in [6.07, 6.45) is 4.30. The van der Waals surface area contributed by atoms with E-state index >= 15 is 0 Å². The van der Waals surface area contributed by atoms with Crippen LogP contribution in [0.1, 0.15) is 31.9 Å². The third-order valence-electron chi connectivity index (χ3n) is 5.55. The van der Waals surface area contributed by atoms with Crippen LogP contribution in [0.2, 0.25) is 18.1 Å². The van der Waals surface area contributed by atoms with Crippen molar-refractivity contribution in [2.75, 3.05) is 0 Å². The molecular weight excluding hydrogens is 356 g/mol. The third-order valence-corrected chi connectivity index (χ3v) is 9.90. The second kappa shape index (κ2) is 8.20. The van der Waals surface area contributed by atoms with Gasteiger partial charge in [-0.2, -0.15) is 0 Å². The molecule has 3 rings (SSSR count). The van der Waals surface area contributed by atoms with Crippen LogP contribution in [0.15, 0.2) is 78.9 Å². The van der Waals surface area contributed by atoms with Crippen molar-refractivity contribution in [3.05, 3.63) is 90.0 Å². The van der Waals surface area contributed by atoms with Gasteiger partial charge in [-0.05, 0) is 52.5 Å². The zero-order chi connectivity index (χ0) is 20.2. The van der Waals surface area contributed by atoms with Crippen molar-refractivity contribution in [1.82, 2.24) is 0 Å². The minimum Gasteiger partial charge on any atom is -0.544 e. The van der Waals surface area contributed by atoms with Crippen molar-refractivity contribution in [3.63, 3.8) is 0 Å². The molecule has 28 heavy (non-hydrogen) atoms. The highest BCUT2D eigenvalue weighted by Gasteiger charge is 2.38. The zero-order valence-electron chi connectivity index (χ0n) is 17.6. The molecule has 3 aromatic rings. The smallest absolute Gasteiger partial charge is 0.250 e. The largest absolute Gasteiger partial charge is 0.544 e. The molecule has 0 bridgehead atoms. The summed E-state index contributed by atoms with van der Waals surface area (Å²) < 4.78 is 6.35. The molecule has 0 unspecified atom stereocenters. The Labute approximate surface area is 170 Å². The van der Waals surface area contributed by atoms with Gasteiger partial charge in [0.1, 0.15) is 5.75 Å². The lowest BCUT2D eigenvalue weighted by molar-refractivity contribution is 0.492. The number of hydrogen-bond acceptors (Lipinski definition) is 1. The number of rotatable bonds is 5. The summed E-state index contributed by atoms with van der Waals surface area (Å²) in [5, 5.41) is 0.206. The fourth-order valence-corrected chi connectivity index (χ4v) is 3.74. The first-order valence-electron chi connectivity index (χ1n) is 9.87. The van der Waals surface area contributed by atoms with E-state index in [1.54, 1.807) is 0 Å². The normalized spacial score (nSPS) is 12.3. The van der Waals surface area contributed by atoms with Gasteiger partial charge in [-0.25, -0.2) is 0 Å². The second-order valence-electron chi connectivity index (χ2n) is 8.75. The van der Waals surface area contributed by atoms with Gasteiger partial charge in [0, 0.05) is 0 Å². The zero-order valence-corrected chi connectivity index (χ0v) is 18.6. The molecule has 0 aliphatic rings. The summed E-state index contributed by atoms with van der Waals surface area (Å²) in [6.45, 7) is 11.3. The summed E-state index contributed by atoms with van der Waals surface area (Å²) >= 11 is 0. The molecule has 0 fully saturated rings. The molecular formula is C26H30OSi. The van der Waals surface area contributed by atoms with Gasteiger partial charge in [-0.15, -0.1) is 0 Å². The summed E-state index contributed by atoms with van der Waals surface area (Å²) in [5.41, 5.74) is 4.86. The van der Waals surface area contributed by atoms with Crippen molar-refractivity contribution >= 4 is 20.5 Å². The molecule has 0 atom stereocenters. The van der Waals surface area contributed by atoms with Gasteiger partial charge < -0.3 is 4.43 Å². The van der Waals surface area contributed by atoms with Crippen molar-refractivity contribution in [3.8, 4) is 16.9 Å². The predicted octanol–water partition coefficient (Wildman–Crippen LogP) is 7.91. The Kier molecular flexibility index (Phi) is 5.90. The van der Waals surface area contributed by atoms with Crippen molar-refractivity contribution in [1.29, 1.82) is 0 Å². The van der Waals surface area contributed by atoms with Crippen LogP contribution in [-0.4, -0.2) is 8.32 Å². The molecule has 0 aliphatic heterocycles. The highest BCUT2D eigenvalue weighted by atomic mass is 28.4. The van der Waals surface area contributed by atoms with Crippen LogP contribution in [0.4, 0.5) is 0 Å². The van der Waals surface area contributed by atoms with Gasteiger partial charge in [0.05, 0.1) is 0 Å². The minimum absolute atomic E-state index is 0.206. The molecule has 0 aliphatic carbocycles. The molecule has 0 amide bonds. The van der Waals surface area contributed by atoms with Crippen LogP contribution in [0.5, 0.6) is 5.75 Å². The van der Waals surface area contributed by atoms with E-state index in [2.05, 4.69) is 119 Å². The Balaban J connectivity index is 1.66. The Morgan fingerprint density at radius 3 is 1.61 bits per heavy atom. The Morgan fingerprint density at radius 1 is 0.643 bits per heavy atom. The molecule has 3 aromatic carbocycles. The van der Waals surface area contributed by atoms with Gasteiger partial charge in [0.15, 0.2) is 0 Å². The molecule has 144 valence electrons. The lowest BCUT2D eigenvalue weighted by Crippen LogP contribution is -2.43. The first kappa shape index (κ1) is 20.2. The number of benzene rings is 3. The maximum Gasteiger partial charge on any atom is 0.250 e. The minimum atomic E-state index is -1.79. The van der Waals surface area contributed by atoms with Gasteiger partial charge in [0.25, 0.3) is 0 Å². The van der Waals surface area contributed by atoms with E-state index in [1.807, 2.05) is 6.07 Å². The van der Waals surface area contributed by atoms with E-state index in [0.717, 1.165) is 5.75 Å². The second-order valence-corrected chi connectivity index (χ2v) is 13.5. The highest BCUT2D eigenvalue weighted by Crippen LogP contribution is 2.37. The maximum atomic E-state index is 6.35. The fourth-order valence-electron chi connectivity index (χ4n) is 2.70. The van der Waals surface area contributed by atoms with E-state index in [4.69, 9.17) is 4.43 Å². The summed E-state index contributed by atoms with van der Waals surface area (Å²) in [5.74, 6) is 0.968. The fraction of sp³-hybridized carbons (Fsp3) is 0.231. The predicted molar refractivity (Wildman–Crippen MR) is 125 cm³/mol. The van der Waals surface area contributed by atoms with Crippen LogP contribution in [-0.2, 0) is 0 Å². The lowest BCUT2D eigenvalue weighted by Gasteiger charge is -2.36. The monoisotopic (exact) mass is 386 g/mol. The van der Waals surface area contributed by atoms with Gasteiger partial charge in [-0.1, -0.05) is 99.7 Å². The highest BCUT2D eigenvalue weighted by molar-refractivity contribution is 6.74. The van der Waals surface area contributed by atoms with E-state index in [0.29, 0.717) is 0 Å². The number of hydrogen-bond donors (Lipinski definition) is 0. The first-order valence-corrected chi connectivity index (χ1v) is 12.8.